The molecule has 0 aliphatic carbocycles. The molecule has 0 bridgehead atoms. The molecule has 0 atom stereocenters. The lowest BCUT2D eigenvalue weighted by atomic mass is 10.3. The fourth-order valence-electron chi connectivity index (χ4n) is 0.841. The molecular weight excluding hydrogens is 204 g/mol. The van der Waals surface area contributed by atoms with Crippen LogP contribution >= 0.6 is 0 Å². The zero-order valence-corrected chi connectivity index (χ0v) is 8.12. The largest absolute Gasteiger partial charge is 0.302 e. The zero-order valence-electron chi connectivity index (χ0n) is 7.30. The zero-order chi connectivity index (χ0) is 10.4. The van der Waals surface area contributed by atoms with E-state index in [0.717, 1.165) is 0 Å². The van der Waals surface area contributed by atoms with Crippen LogP contribution in [-0.2, 0) is 15.0 Å². The average molecular weight is 214 g/mol. The van der Waals surface area contributed by atoms with E-state index < -0.39 is 10.2 Å². The molecule has 0 fully saturated rings. The van der Waals surface area contributed by atoms with Crippen molar-refractivity contribution in [2.45, 2.75) is 0 Å². The van der Waals surface area contributed by atoms with Crippen LogP contribution in [0.25, 0.3) is 0 Å². The van der Waals surface area contributed by atoms with Crippen molar-refractivity contribution in [2.75, 3.05) is 11.3 Å². The van der Waals surface area contributed by atoms with Crippen LogP contribution < -0.4 is 9.44 Å². The van der Waals surface area contributed by atoms with Crippen LogP contribution in [0.3, 0.4) is 0 Å². The third kappa shape index (κ3) is 3.55. The number of carbonyl (C=O) groups is 1. The maximum Gasteiger partial charge on any atom is 0.299 e. The van der Waals surface area contributed by atoms with Crippen LogP contribution in [0.4, 0.5) is 5.69 Å². The van der Waals surface area contributed by atoms with E-state index in [0.29, 0.717) is 12.0 Å². The van der Waals surface area contributed by atoms with Gasteiger partial charge in [0.25, 0.3) is 10.2 Å². The lowest BCUT2D eigenvalue weighted by Crippen LogP contribution is -2.31. The Balaban J connectivity index is 2.64. The number of hydrogen-bond acceptors (Lipinski definition) is 3. The molecule has 1 aromatic carbocycles. The van der Waals surface area contributed by atoms with Crippen LogP contribution in [0.15, 0.2) is 30.3 Å². The van der Waals surface area contributed by atoms with Gasteiger partial charge in [0.1, 0.15) is 6.29 Å². The summed E-state index contributed by atoms with van der Waals surface area (Å²) < 4.78 is 26.7. The summed E-state index contributed by atoms with van der Waals surface area (Å²) in [5.74, 6) is 0. The molecule has 0 heterocycles. The number of anilines is 1. The van der Waals surface area contributed by atoms with E-state index in [9.17, 15) is 13.2 Å². The van der Waals surface area contributed by atoms with Crippen molar-refractivity contribution in [3.8, 4) is 0 Å². The summed E-state index contributed by atoms with van der Waals surface area (Å²) in [7, 11) is -3.63. The van der Waals surface area contributed by atoms with Gasteiger partial charge in [0.15, 0.2) is 0 Å². The van der Waals surface area contributed by atoms with Crippen molar-refractivity contribution in [3.63, 3.8) is 0 Å². The van der Waals surface area contributed by atoms with Gasteiger partial charge < -0.3 is 4.79 Å². The summed E-state index contributed by atoms with van der Waals surface area (Å²) in [6.45, 7) is -0.234. The SMILES string of the molecule is O=CCNS(=O)(=O)Nc1ccccc1. The standard InChI is InChI=1S/C8H10N2O3S/c11-7-6-9-14(12,13)10-8-4-2-1-3-5-8/h1-5,7,9-10H,6H2. The summed E-state index contributed by atoms with van der Waals surface area (Å²) in [5.41, 5.74) is 0.450. The maximum absolute atomic E-state index is 11.2. The number of carbonyl (C=O) groups excluding carboxylic acids is 1. The fourth-order valence-corrected chi connectivity index (χ4v) is 1.65. The van der Waals surface area contributed by atoms with Crippen molar-refractivity contribution >= 4 is 22.2 Å². The molecule has 14 heavy (non-hydrogen) atoms. The van der Waals surface area contributed by atoms with Gasteiger partial charge in [0.05, 0.1) is 6.54 Å². The van der Waals surface area contributed by atoms with Gasteiger partial charge in [-0.3, -0.25) is 4.72 Å². The van der Waals surface area contributed by atoms with Crippen LogP contribution in [0.5, 0.6) is 0 Å². The van der Waals surface area contributed by atoms with Gasteiger partial charge in [-0.25, -0.2) is 0 Å². The minimum absolute atomic E-state index is 0.234. The third-order valence-corrected chi connectivity index (χ3v) is 2.43. The Hall–Kier alpha value is -1.40. The first-order valence-electron chi connectivity index (χ1n) is 3.90. The average Bonchev–Trinajstić information content (AvgIpc) is 2.16. The molecule has 0 saturated carbocycles. The third-order valence-electron chi connectivity index (χ3n) is 1.38. The van der Waals surface area contributed by atoms with E-state index in [1.54, 1.807) is 30.3 Å². The Kier molecular flexibility index (Phi) is 3.61. The Labute approximate surface area is 82.3 Å². The molecule has 0 spiro atoms. The topological polar surface area (TPSA) is 75.3 Å². The lowest BCUT2D eigenvalue weighted by molar-refractivity contribution is -0.106. The highest BCUT2D eigenvalue weighted by Crippen LogP contribution is 2.05. The minimum Gasteiger partial charge on any atom is -0.302 e. The van der Waals surface area contributed by atoms with E-state index in [-0.39, 0.29) is 6.54 Å². The molecule has 0 unspecified atom stereocenters. The van der Waals surface area contributed by atoms with E-state index in [4.69, 9.17) is 0 Å². The number of rotatable bonds is 5. The van der Waals surface area contributed by atoms with Crippen LogP contribution in [-0.4, -0.2) is 21.2 Å². The summed E-state index contributed by atoms with van der Waals surface area (Å²) >= 11 is 0. The molecule has 76 valence electrons. The quantitative estimate of drug-likeness (QED) is 0.684. The van der Waals surface area contributed by atoms with Crippen LogP contribution in [0, 0.1) is 0 Å². The minimum atomic E-state index is -3.63. The van der Waals surface area contributed by atoms with Crippen LogP contribution in [0.1, 0.15) is 0 Å². The fraction of sp³-hybridized carbons (Fsp3) is 0.125. The number of hydrogen-bond donors (Lipinski definition) is 2. The normalized spacial score (nSPS) is 10.9. The Morgan fingerprint density at radius 1 is 1.21 bits per heavy atom. The second kappa shape index (κ2) is 4.73. The predicted octanol–water partition coefficient (Wildman–Crippen LogP) is 0.132. The van der Waals surface area contributed by atoms with Crippen molar-refractivity contribution in [1.29, 1.82) is 0 Å². The second-order valence-electron chi connectivity index (χ2n) is 2.49. The Morgan fingerprint density at radius 2 is 1.86 bits per heavy atom. The molecule has 6 heteroatoms. The maximum atomic E-state index is 11.2. The second-order valence-corrected chi connectivity index (χ2v) is 3.99. The Morgan fingerprint density at radius 3 is 2.43 bits per heavy atom. The molecule has 0 aliphatic rings. The van der Waals surface area contributed by atoms with Crippen molar-refractivity contribution in [1.82, 2.24) is 4.72 Å². The van der Waals surface area contributed by atoms with E-state index in [2.05, 4.69) is 9.44 Å². The van der Waals surface area contributed by atoms with E-state index >= 15 is 0 Å². The van der Waals surface area contributed by atoms with E-state index in [1.165, 1.54) is 0 Å². The summed E-state index contributed by atoms with van der Waals surface area (Å²) in [5, 5.41) is 0. The molecule has 0 saturated heterocycles. The van der Waals surface area contributed by atoms with Gasteiger partial charge in [-0.2, -0.15) is 13.1 Å². The summed E-state index contributed by atoms with van der Waals surface area (Å²) in [6.07, 6.45) is 0.476. The lowest BCUT2D eigenvalue weighted by Gasteiger charge is -2.06. The predicted molar refractivity (Wildman–Crippen MR) is 53.1 cm³/mol. The number of nitrogens with one attached hydrogen (secondary N) is 2. The molecule has 0 radical (unpaired) electrons. The van der Waals surface area contributed by atoms with Crippen molar-refractivity contribution < 1.29 is 13.2 Å². The van der Waals surface area contributed by atoms with Crippen molar-refractivity contribution in [3.05, 3.63) is 30.3 Å². The van der Waals surface area contributed by atoms with Gasteiger partial charge >= 0.3 is 0 Å². The van der Waals surface area contributed by atoms with Gasteiger partial charge in [-0.1, -0.05) is 18.2 Å². The van der Waals surface area contributed by atoms with Gasteiger partial charge in [0, 0.05) is 5.69 Å². The van der Waals surface area contributed by atoms with Gasteiger partial charge in [-0.15, -0.1) is 0 Å². The number of para-hydroxylation sites is 1. The first-order chi connectivity index (χ1) is 6.64. The summed E-state index contributed by atoms with van der Waals surface area (Å²) in [4.78, 5) is 9.95. The highest BCUT2D eigenvalue weighted by atomic mass is 32.2. The Bertz CT molecular complexity index is 388. The summed E-state index contributed by atoms with van der Waals surface area (Å²) in [6, 6.07) is 8.41. The van der Waals surface area contributed by atoms with Crippen LogP contribution in [0.2, 0.25) is 0 Å². The molecule has 1 aromatic rings. The smallest absolute Gasteiger partial charge is 0.299 e. The van der Waals surface area contributed by atoms with E-state index in [1.807, 2.05) is 0 Å². The first kappa shape index (κ1) is 10.7. The molecular formula is C8H10N2O3S. The molecule has 0 aliphatic heterocycles. The monoisotopic (exact) mass is 214 g/mol. The van der Waals surface area contributed by atoms with Crippen molar-refractivity contribution in [2.24, 2.45) is 0 Å². The first-order valence-corrected chi connectivity index (χ1v) is 5.38. The highest BCUT2D eigenvalue weighted by Gasteiger charge is 2.07. The molecule has 5 nitrogen and oxygen atoms in total. The number of aldehydes is 1. The molecule has 1 rings (SSSR count). The molecule has 2 N–H and O–H groups in total. The molecule has 0 amide bonds. The van der Waals surface area contributed by atoms with Gasteiger partial charge in [0.2, 0.25) is 0 Å². The highest BCUT2D eigenvalue weighted by molar-refractivity contribution is 7.90. The van der Waals surface area contributed by atoms with Gasteiger partial charge in [-0.05, 0) is 12.1 Å². The number of benzene rings is 1. The molecule has 0 aromatic heterocycles.